The molecule has 1 aromatic rings. The van der Waals surface area contributed by atoms with Crippen molar-refractivity contribution in [3.63, 3.8) is 0 Å². The molecule has 0 aliphatic heterocycles. The van der Waals surface area contributed by atoms with Crippen LogP contribution in [0.15, 0.2) is 18.5 Å². The van der Waals surface area contributed by atoms with Gasteiger partial charge in [0.2, 0.25) is 0 Å². The van der Waals surface area contributed by atoms with E-state index in [1.54, 1.807) is 0 Å². The number of aromatic nitrogens is 1. The predicted octanol–water partition coefficient (Wildman–Crippen LogP) is 2.83. The number of hydrogen-bond acceptors (Lipinski definition) is 3. The molecule has 0 aliphatic carbocycles. The first-order valence-electron chi connectivity index (χ1n) is 4.25. The number of pyridine rings is 1. The van der Waals surface area contributed by atoms with Crippen LogP contribution in [0.1, 0.15) is 28.5 Å². The zero-order valence-corrected chi connectivity index (χ0v) is 8.25. The lowest BCUT2D eigenvalue weighted by molar-refractivity contribution is -0.137. The third-order valence-corrected chi connectivity index (χ3v) is 1.83. The lowest BCUT2D eigenvalue weighted by Gasteiger charge is -2.08. The van der Waals surface area contributed by atoms with E-state index < -0.39 is 17.5 Å². The van der Waals surface area contributed by atoms with Gasteiger partial charge in [0.15, 0.2) is 5.78 Å². The summed E-state index contributed by atoms with van der Waals surface area (Å²) in [6.45, 7) is 1.18. The maximum Gasteiger partial charge on any atom is 0.417 e. The third kappa shape index (κ3) is 2.59. The summed E-state index contributed by atoms with van der Waals surface area (Å²) in [6, 6.07) is 0.760. The minimum Gasteiger partial charge on any atom is -0.516 e. The molecule has 0 saturated heterocycles. The SMILES string of the molecule is CC(=O)c1ncc(C(F)(F)F)cc1/C=C/O. The molecule has 0 bridgehead atoms. The number of aliphatic hydroxyl groups excluding tert-OH is 1. The molecule has 1 rings (SSSR count). The zero-order chi connectivity index (χ0) is 12.3. The van der Waals surface area contributed by atoms with Gasteiger partial charge in [-0.25, -0.2) is 0 Å². The fourth-order valence-electron chi connectivity index (χ4n) is 1.14. The molecule has 16 heavy (non-hydrogen) atoms. The molecule has 1 aromatic heterocycles. The highest BCUT2D eigenvalue weighted by molar-refractivity contribution is 5.95. The summed E-state index contributed by atoms with van der Waals surface area (Å²) in [5.74, 6) is -0.471. The molecule has 0 spiro atoms. The Hall–Kier alpha value is -1.85. The molecule has 3 nitrogen and oxygen atoms in total. The number of ketones is 1. The molecule has 0 aliphatic rings. The van der Waals surface area contributed by atoms with E-state index in [2.05, 4.69) is 4.98 Å². The maximum absolute atomic E-state index is 12.3. The van der Waals surface area contributed by atoms with Crippen molar-refractivity contribution in [1.29, 1.82) is 0 Å². The number of alkyl halides is 3. The van der Waals surface area contributed by atoms with Crippen molar-refractivity contribution in [3.8, 4) is 0 Å². The smallest absolute Gasteiger partial charge is 0.417 e. The molecule has 1 heterocycles. The first kappa shape index (κ1) is 12.2. The molecule has 0 saturated carbocycles. The molecule has 1 N–H and O–H groups in total. The van der Waals surface area contributed by atoms with E-state index >= 15 is 0 Å². The Bertz CT molecular complexity index is 438. The standard InChI is InChI=1S/C10H8F3NO2/c1-6(16)9-7(2-3-15)4-8(5-14-9)10(11,12)13/h2-5,15H,1H3/b3-2+. The third-order valence-electron chi connectivity index (χ3n) is 1.83. The van der Waals surface area contributed by atoms with E-state index in [-0.39, 0.29) is 11.3 Å². The van der Waals surface area contributed by atoms with Gasteiger partial charge >= 0.3 is 6.18 Å². The van der Waals surface area contributed by atoms with Gasteiger partial charge < -0.3 is 5.11 Å². The Kier molecular flexibility index (Phi) is 3.31. The average molecular weight is 231 g/mol. The summed E-state index contributed by atoms with van der Waals surface area (Å²) >= 11 is 0. The summed E-state index contributed by atoms with van der Waals surface area (Å²) in [7, 11) is 0. The quantitative estimate of drug-likeness (QED) is 0.628. The van der Waals surface area contributed by atoms with Gasteiger partial charge in [-0.2, -0.15) is 13.2 Å². The monoisotopic (exact) mass is 231 g/mol. The molecule has 6 heteroatoms. The molecular weight excluding hydrogens is 223 g/mol. The molecule has 86 valence electrons. The highest BCUT2D eigenvalue weighted by atomic mass is 19.4. The summed E-state index contributed by atoms with van der Waals surface area (Å²) in [6.07, 6.45) is -2.39. The Morgan fingerprint density at radius 2 is 2.12 bits per heavy atom. The van der Waals surface area contributed by atoms with Crippen molar-refractivity contribution in [2.24, 2.45) is 0 Å². The number of halogens is 3. The van der Waals surface area contributed by atoms with Crippen LogP contribution in [0.3, 0.4) is 0 Å². The van der Waals surface area contributed by atoms with Crippen molar-refractivity contribution in [2.75, 3.05) is 0 Å². The molecule has 0 atom stereocenters. The first-order chi connectivity index (χ1) is 7.36. The topological polar surface area (TPSA) is 50.2 Å². The molecule has 0 amide bonds. The minimum absolute atomic E-state index is 0.0650. The van der Waals surface area contributed by atoms with Crippen molar-refractivity contribution in [2.45, 2.75) is 13.1 Å². The van der Waals surface area contributed by atoms with Crippen molar-refractivity contribution in [3.05, 3.63) is 35.3 Å². The highest BCUT2D eigenvalue weighted by Crippen LogP contribution is 2.30. The van der Waals surface area contributed by atoms with Crippen LogP contribution >= 0.6 is 0 Å². The zero-order valence-electron chi connectivity index (χ0n) is 8.25. The lowest BCUT2D eigenvalue weighted by atomic mass is 10.1. The van der Waals surface area contributed by atoms with Crippen LogP contribution in [0, 0.1) is 0 Å². The van der Waals surface area contributed by atoms with E-state index in [0.717, 1.165) is 12.1 Å². The molecule has 0 radical (unpaired) electrons. The fourth-order valence-corrected chi connectivity index (χ4v) is 1.14. The summed E-state index contributed by atoms with van der Waals surface area (Å²) < 4.78 is 37.0. The van der Waals surface area contributed by atoms with Crippen LogP contribution in [0.4, 0.5) is 13.2 Å². The number of aliphatic hydroxyl groups is 1. The summed E-state index contributed by atoms with van der Waals surface area (Å²) in [5, 5.41) is 8.52. The number of carbonyl (C=O) groups is 1. The molecule has 0 unspecified atom stereocenters. The van der Waals surface area contributed by atoms with E-state index in [1.807, 2.05) is 0 Å². The highest BCUT2D eigenvalue weighted by Gasteiger charge is 2.31. The maximum atomic E-state index is 12.3. The van der Waals surface area contributed by atoms with Crippen LogP contribution in [-0.4, -0.2) is 15.9 Å². The Labute approximate surface area is 89.2 Å². The Balaban J connectivity index is 3.34. The van der Waals surface area contributed by atoms with Crippen LogP contribution in [-0.2, 0) is 6.18 Å². The summed E-state index contributed by atoms with van der Waals surface area (Å²) in [4.78, 5) is 14.5. The van der Waals surface area contributed by atoms with Gasteiger partial charge in [-0.3, -0.25) is 9.78 Å². The number of hydrogen-bond donors (Lipinski definition) is 1. The molecular formula is C10H8F3NO2. The van der Waals surface area contributed by atoms with Crippen LogP contribution in [0.25, 0.3) is 6.08 Å². The van der Waals surface area contributed by atoms with Crippen LogP contribution < -0.4 is 0 Å². The predicted molar refractivity (Wildman–Crippen MR) is 50.9 cm³/mol. The van der Waals surface area contributed by atoms with Gasteiger partial charge in [-0.15, -0.1) is 0 Å². The van der Waals surface area contributed by atoms with Crippen molar-refractivity contribution >= 4 is 11.9 Å². The van der Waals surface area contributed by atoms with Gasteiger partial charge in [0.25, 0.3) is 0 Å². The van der Waals surface area contributed by atoms with Crippen LogP contribution in [0.5, 0.6) is 0 Å². The minimum atomic E-state index is -4.53. The second kappa shape index (κ2) is 4.34. The van der Waals surface area contributed by atoms with Crippen LogP contribution in [0.2, 0.25) is 0 Å². The van der Waals surface area contributed by atoms with E-state index in [9.17, 15) is 18.0 Å². The number of nitrogens with zero attached hydrogens (tertiary/aromatic N) is 1. The molecule has 0 aromatic carbocycles. The number of Topliss-reactive ketones (excluding diaryl/α,β-unsaturated/α-hetero) is 1. The second-order valence-electron chi connectivity index (χ2n) is 3.03. The first-order valence-corrected chi connectivity index (χ1v) is 4.25. The average Bonchev–Trinajstić information content (AvgIpc) is 2.16. The van der Waals surface area contributed by atoms with Crippen molar-refractivity contribution < 1.29 is 23.1 Å². The van der Waals surface area contributed by atoms with Gasteiger partial charge in [-0.05, 0) is 12.1 Å². The van der Waals surface area contributed by atoms with Gasteiger partial charge in [0.1, 0.15) is 5.69 Å². The number of rotatable bonds is 2. The van der Waals surface area contributed by atoms with Gasteiger partial charge in [0.05, 0.1) is 11.8 Å². The van der Waals surface area contributed by atoms with Gasteiger partial charge in [-0.1, -0.05) is 0 Å². The second-order valence-corrected chi connectivity index (χ2v) is 3.03. The van der Waals surface area contributed by atoms with Gasteiger partial charge in [0, 0.05) is 18.7 Å². The lowest BCUT2D eigenvalue weighted by Crippen LogP contribution is -2.09. The van der Waals surface area contributed by atoms with E-state index in [1.165, 1.54) is 6.92 Å². The van der Waals surface area contributed by atoms with E-state index in [0.29, 0.717) is 12.5 Å². The van der Waals surface area contributed by atoms with E-state index in [4.69, 9.17) is 5.11 Å². The fraction of sp³-hybridized carbons (Fsp3) is 0.200. The number of carbonyl (C=O) groups excluding carboxylic acids is 1. The summed E-state index contributed by atoms with van der Waals surface area (Å²) in [5.41, 5.74) is -1.14. The Morgan fingerprint density at radius 1 is 1.50 bits per heavy atom. The molecule has 0 fully saturated rings. The normalized spacial score (nSPS) is 12.0. The Morgan fingerprint density at radius 3 is 2.56 bits per heavy atom. The largest absolute Gasteiger partial charge is 0.516 e. The van der Waals surface area contributed by atoms with Crippen molar-refractivity contribution in [1.82, 2.24) is 4.98 Å².